The second kappa shape index (κ2) is 5.73. The van der Waals surface area contributed by atoms with Crippen molar-refractivity contribution in [2.24, 2.45) is 0 Å². The predicted molar refractivity (Wildman–Crippen MR) is 77.0 cm³/mol. The second-order valence-corrected chi connectivity index (χ2v) is 7.89. The highest BCUT2D eigenvalue weighted by atomic mass is 32.2. The van der Waals surface area contributed by atoms with E-state index in [2.05, 4.69) is 4.98 Å². The van der Waals surface area contributed by atoms with E-state index < -0.39 is 27.6 Å². The smallest absolute Gasteiger partial charge is 0.324 e. The first-order valence-corrected chi connectivity index (χ1v) is 8.30. The van der Waals surface area contributed by atoms with E-state index in [1.165, 1.54) is 22.8 Å². The molecule has 0 radical (unpaired) electrons. The maximum Gasteiger partial charge on any atom is 0.324 e. The molecule has 0 unspecified atom stereocenters. The van der Waals surface area contributed by atoms with Crippen molar-refractivity contribution in [1.82, 2.24) is 9.29 Å². The summed E-state index contributed by atoms with van der Waals surface area (Å²) in [6, 6.07) is 2.28. The summed E-state index contributed by atoms with van der Waals surface area (Å²) in [5.74, 6) is -0.493. The van der Waals surface area contributed by atoms with Crippen LogP contribution < -0.4 is 0 Å². The summed E-state index contributed by atoms with van der Waals surface area (Å²) >= 11 is 0. The minimum atomic E-state index is -3.72. The fraction of sp³-hybridized carbons (Fsp3) is 0.571. The molecule has 1 aliphatic rings. The largest absolute Gasteiger partial charge is 0.459 e. The first kappa shape index (κ1) is 15.9. The van der Waals surface area contributed by atoms with Crippen LogP contribution in [0.3, 0.4) is 0 Å². The van der Waals surface area contributed by atoms with Gasteiger partial charge in [0.05, 0.1) is 0 Å². The fourth-order valence-corrected chi connectivity index (χ4v) is 3.88. The lowest BCUT2D eigenvalue weighted by Gasteiger charge is -2.26. The first-order chi connectivity index (χ1) is 9.72. The third-order valence-corrected chi connectivity index (χ3v) is 5.02. The van der Waals surface area contributed by atoms with Gasteiger partial charge in [0.1, 0.15) is 16.5 Å². The van der Waals surface area contributed by atoms with Crippen molar-refractivity contribution in [2.75, 3.05) is 6.54 Å². The molecule has 1 saturated heterocycles. The number of carbonyl (C=O) groups is 1. The summed E-state index contributed by atoms with van der Waals surface area (Å²) in [5.41, 5.74) is -0.636. The molecule has 1 atom stereocenters. The number of nitrogens with zero attached hydrogens (tertiary/aromatic N) is 2. The second-order valence-electron chi connectivity index (χ2n) is 6.00. The van der Waals surface area contributed by atoms with Crippen LogP contribution in [0.15, 0.2) is 29.4 Å². The molecule has 2 rings (SSSR count). The predicted octanol–water partition coefficient (Wildman–Crippen LogP) is 1.58. The number of rotatable bonds is 3. The molecule has 0 amide bonds. The van der Waals surface area contributed by atoms with Gasteiger partial charge in [0.2, 0.25) is 10.0 Å². The Morgan fingerprint density at radius 2 is 2.14 bits per heavy atom. The normalized spacial score (nSPS) is 20.4. The molecule has 116 valence electrons. The Labute approximate surface area is 125 Å². The van der Waals surface area contributed by atoms with E-state index in [1.807, 2.05) is 0 Å². The molecule has 0 aromatic carbocycles. The van der Waals surface area contributed by atoms with Gasteiger partial charge < -0.3 is 4.74 Å². The summed E-state index contributed by atoms with van der Waals surface area (Å²) in [4.78, 5) is 16.1. The molecule has 0 spiro atoms. The van der Waals surface area contributed by atoms with E-state index in [-0.39, 0.29) is 4.90 Å². The fourth-order valence-electron chi connectivity index (χ4n) is 2.27. The van der Waals surface area contributed by atoms with Gasteiger partial charge in [-0.1, -0.05) is 0 Å². The monoisotopic (exact) mass is 312 g/mol. The van der Waals surface area contributed by atoms with E-state index >= 15 is 0 Å². The third-order valence-electron chi connectivity index (χ3n) is 3.12. The highest BCUT2D eigenvalue weighted by Crippen LogP contribution is 2.27. The molecule has 21 heavy (non-hydrogen) atoms. The minimum absolute atomic E-state index is 0.0976. The van der Waals surface area contributed by atoms with Crippen LogP contribution in [0.25, 0.3) is 0 Å². The van der Waals surface area contributed by atoms with Gasteiger partial charge in [0.15, 0.2) is 0 Å². The van der Waals surface area contributed by atoms with Crippen LogP contribution in [0.4, 0.5) is 0 Å². The number of carbonyl (C=O) groups excluding carboxylic acids is 1. The molecule has 1 aromatic rings. The van der Waals surface area contributed by atoms with Gasteiger partial charge in [-0.15, -0.1) is 0 Å². The van der Waals surface area contributed by atoms with Crippen LogP contribution in [0, 0.1) is 0 Å². The van der Waals surface area contributed by atoms with Crippen LogP contribution in [0.2, 0.25) is 0 Å². The number of aromatic nitrogens is 1. The Balaban J connectivity index is 2.25. The zero-order valence-corrected chi connectivity index (χ0v) is 13.3. The van der Waals surface area contributed by atoms with Crippen molar-refractivity contribution in [3.63, 3.8) is 0 Å². The van der Waals surface area contributed by atoms with Gasteiger partial charge in [0, 0.05) is 18.9 Å². The van der Waals surface area contributed by atoms with Crippen LogP contribution in [0.1, 0.15) is 33.6 Å². The number of hydrogen-bond donors (Lipinski definition) is 0. The number of pyridine rings is 1. The Hall–Kier alpha value is -1.47. The van der Waals surface area contributed by atoms with Crippen molar-refractivity contribution in [3.8, 4) is 0 Å². The molecular formula is C14H20N2O4S. The maximum atomic E-state index is 12.6. The molecule has 1 fully saturated rings. The van der Waals surface area contributed by atoms with Gasteiger partial charge in [-0.25, -0.2) is 8.42 Å². The molecule has 1 aromatic heterocycles. The molecule has 0 aliphatic carbocycles. The van der Waals surface area contributed by atoms with Gasteiger partial charge in [-0.05, 0) is 45.7 Å². The average molecular weight is 312 g/mol. The Morgan fingerprint density at radius 1 is 1.43 bits per heavy atom. The van der Waals surface area contributed by atoms with Crippen molar-refractivity contribution in [3.05, 3.63) is 24.5 Å². The average Bonchev–Trinajstić information content (AvgIpc) is 2.88. The van der Waals surface area contributed by atoms with Crippen LogP contribution >= 0.6 is 0 Å². The SMILES string of the molecule is CC(C)(C)OC(=O)[C@H]1CCCN1S(=O)(=O)c1cccnc1. The Morgan fingerprint density at radius 3 is 2.71 bits per heavy atom. The van der Waals surface area contributed by atoms with Crippen molar-refractivity contribution >= 4 is 16.0 Å². The van der Waals surface area contributed by atoms with Crippen LogP contribution in [-0.2, 0) is 19.6 Å². The lowest BCUT2D eigenvalue weighted by molar-refractivity contribution is -0.158. The van der Waals surface area contributed by atoms with Gasteiger partial charge in [-0.3, -0.25) is 9.78 Å². The first-order valence-electron chi connectivity index (χ1n) is 6.86. The van der Waals surface area contributed by atoms with E-state index in [9.17, 15) is 13.2 Å². The summed E-state index contributed by atoms with van der Waals surface area (Å²) in [7, 11) is -3.72. The van der Waals surface area contributed by atoms with Gasteiger partial charge in [-0.2, -0.15) is 4.31 Å². The van der Waals surface area contributed by atoms with Crippen LogP contribution in [-0.4, -0.2) is 41.9 Å². The van der Waals surface area contributed by atoms with Crippen molar-refractivity contribution in [1.29, 1.82) is 0 Å². The topological polar surface area (TPSA) is 76.6 Å². The zero-order valence-electron chi connectivity index (χ0n) is 12.4. The van der Waals surface area contributed by atoms with Gasteiger partial charge >= 0.3 is 5.97 Å². The minimum Gasteiger partial charge on any atom is -0.459 e. The maximum absolute atomic E-state index is 12.6. The molecule has 7 heteroatoms. The standard InChI is InChI=1S/C14H20N2O4S/c1-14(2,3)20-13(17)12-7-5-9-16(12)21(18,19)11-6-4-8-15-10-11/h4,6,8,10,12H,5,7,9H2,1-3H3/t12-/m1/s1. The zero-order chi connectivity index (χ0) is 15.7. The summed E-state index contributed by atoms with van der Waals surface area (Å²) < 4.78 is 31.7. The molecule has 6 nitrogen and oxygen atoms in total. The van der Waals surface area contributed by atoms with Crippen molar-refractivity contribution in [2.45, 2.75) is 50.2 Å². The molecule has 0 bridgehead atoms. The quantitative estimate of drug-likeness (QED) is 0.792. The molecule has 0 N–H and O–H groups in total. The van der Waals surface area contributed by atoms with E-state index in [0.717, 1.165) is 0 Å². The lowest BCUT2D eigenvalue weighted by atomic mass is 10.2. The Bertz CT molecular complexity index is 608. The lowest BCUT2D eigenvalue weighted by Crippen LogP contribution is -2.43. The number of sulfonamides is 1. The number of esters is 1. The molecule has 2 heterocycles. The van der Waals surface area contributed by atoms with Gasteiger partial charge in [0.25, 0.3) is 0 Å². The molecule has 0 saturated carbocycles. The number of ether oxygens (including phenoxy) is 1. The Kier molecular flexibility index (Phi) is 4.34. The summed E-state index contributed by atoms with van der Waals surface area (Å²) in [5, 5.41) is 0. The highest BCUT2D eigenvalue weighted by Gasteiger charge is 2.41. The third kappa shape index (κ3) is 3.59. The molecular weight excluding hydrogens is 292 g/mol. The molecule has 1 aliphatic heterocycles. The van der Waals surface area contributed by atoms with E-state index in [4.69, 9.17) is 4.74 Å². The van der Waals surface area contributed by atoms with E-state index in [1.54, 1.807) is 26.8 Å². The summed E-state index contributed by atoms with van der Waals surface area (Å²) in [6.45, 7) is 5.61. The van der Waals surface area contributed by atoms with E-state index in [0.29, 0.717) is 19.4 Å². The van der Waals surface area contributed by atoms with Crippen molar-refractivity contribution < 1.29 is 17.9 Å². The van der Waals surface area contributed by atoms with Crippen LogP contribution in [0.5, 0.6) is 0 Å². The number of hydrogen-bond acceptors (Lipinski definition) is 5. The summed E-state index contributed by atoms with van der Waals surface area (Å²) in [6.07, 6.45) is 3.92. The highest BCUT2D eigenvalue weighted by molar-refractivity contribution is 7.89.